The lowest BCUT2D eigenvalue weighted by Crippen LogP contribution is -2.00. The number of benzene rings is 6. The molecule has 0 N–H and O–H groups in total. The van der Waals surface area contributed by atoms with Gasteiger partial charge in [-0.2, -0.15) is 0 Å². The molecule has 0 saturated carbocycles. The standard InChI is InChI=1S/C40H24N4O2/c1-4-12-25(13-5-1)37-42-38(26-14-6-2-7-15-26)44-39(43-37)32-21-11-20-31-30-19-10-18-29(35(30)46-36(31)32)28-22-23-33-34(24-28)45-40(41-33)27-16-8-3-9-17-27/h1-24H. The first-order valence-electron chi connectivity index (χ1n) is 15.1. The highest BCUT2D eigenvalue weighted by atomic mass is 16.3. The van der Waals surface area contributed by atoms with E-state index < -0.39 is 0 Å². The zero-order chi connectivity index (χ0) is 30.5. The maximum absolute atomic E-state index is 6.75. The number of rotatable bonds is 5. The van der Waals surface area contributed by atoms with Crippen molar-refractivity contribution < 1.29 is 8.83 Å². The van der Waals surface area contributed by atoms with Crippen molar-refractivity contribution in [1.82, 2.24) is 19.9 Å². The molecule has 0 bridgehead atoms. The fourth-order valence-electron chi connectivity index (χ4n) is 5.95. The molecule has 9 rings (SSSR count). The SMILES string of the molecule is c1ccc(-c2nc(-c3ccccc3)nc(-c3cccc4c3oc3c(-c5ccc6nc(-c7ccccc7)oc6c5)cccc34)n2)cc1. The number of oxazole rings is 1. The molecule has 3 aromatic heterocycles. The molecule has 0 spiro atoms. The van der Waals surface area contributed by atoms with Gasteiger partial charge in [0.05, 0.1) is 5.56 Å². The molecule has 216 valence electrons. The second kappa shape index (κ2) is 10.6. The topological polar surface area (TPSA) is 77.8 Å². The third-order valence-electron chi connectivity index (χ3n) is 8.18. The van der Waals surface area contributed by atoms with Gasteiger partial charge in [0.25, 0.3) is 0 Å². The lowest BCUT2D eigenvalue weighted by molar-refractivity contribution is 0.620. The fraction of sp³-hybridized carbons (Fsp3) is 0. The van der Waals surface area contributed by atoms with Gasteiger partial charge in [-0.15, -0.1) is 0 Å². The number of fused-ring (bicyclic) bond motifs is 4. The summed E-state index contributed by atoms with van der Waals surface area (Å²) >= 11 is 0. The monoisotopic (exact) mass is 592 g/mol. The zero-order valence-electron chi connectivity index (χ0n) is 24.5. The molecule has 0 saturated heterocycles. The highest BCUT2D eigenvalue weighted by Gasteiger charge is 2.20. The molecule has 0 unspecified atom stereocenters. The van der Waals surface area contributed by atoms with E-state index >= 15 is 0 Å². The maximum atomic E-state index is 6.75. The molecule has 0 amide bonds. The molecule has 0 aliphatic rings. The van der Waals surface area contributed by atoms with Crippen LogP contribution in [0.5, 0.6) is 0 Å². The number of hydrogen-bond acceptors (Lipinski definition) is 6. The average Bonchev–Trinajstić information content (AvgIpc) is 3.74. The van der Waals surface area contributed by atoms with E-state index in [-0.39, 0.29) is 0 Å². The Morgan fingerprint density at radius 2 is 0.913 bits per heavy atom. The van der Waals surface area contributed by atoms with Crippen LogP contribution in [0.3, 0.4) is 0 Å². The molecule has 0 radical (unpaired) electrons. The third-order valence-corrected chi connectivity index (χ3v) is 8.18. The molecule has 3 heterocycles. The summed E-state index contributed by atoms with van der Waals surface area (Å²) in [6, 6.07) is 48.3. The lowest BCUT2D eigenvalue weighted by atomic mass is 10.0. The second-order valence-electron chi connectivity index (χ2n) is 11.1. The number of hydrogen-bond donors (Lipinski definition) is 0. The molecule has 46 heavy (non-hydrogen) atoms. The molecule has 6 aromatic carbocycles. The summed E-state index contributed by atoms with van der Waals surface area (Å²) in [5.41, 5.74) is 8.55. The Morgan fingerprint density at radius 1 is 0.370 bits per heavy atom. The van der Waals surface area contributed by atoms with Crippen LogP contribution in [0.4, 0.5) is 0 Å². The summed E-state index contributed by atoms with van der Waals surface area (Å²) in [7, 11) is 0. The molecule has 6 heteroatoms. The van der Waals surface area contributed by atoms with Crippen molar-refractivity contribution in [2.45, 2.75) is 0 Å². The summed E-state index contributed by atoms with van der Waals surface area (Å²) in [6.45, 7) is 0. The summed E-state index contributed by atoms with van der Waals surface area (Å²) in [4.78, 5) is 19.5. The molecule has 0 aliphatic carbocycles. The van der Waals surface area contributed by atoms with Crippen LogP contribution < -0.4 is 0 Å². The van der Waals surface area contributed by atoms with Crippen LogP contribution >= 0.6 is 0 Å². The molecular weight excluding hydrogens is 568 g/mol. The Labute approximate surface area is 263 Å². The summed E-state index contributed by atoms with van der Waals surface area (Å²) in [5, 5.41) is 2.00. The van der Waals surface area contributed by atoms with Crippen LogP contribution in [-0.4, -0.2) is 19.9 Å². The molecular formula is C40H24N4O2. The molecule has 0 aliphatic heterocycles. The maximum Gasteiger partial charge on any atom is 0.227 e. The first-order valence-corrected chi connectivity index (χ1v) is 15.1. The predicted octanol–water partition coefficient (Wildman–Crippen LogP) is 10.2. The zero-order valence-corrected chi connectivity index (χ0v) is 24.5. The van der Waals surface area contributed by atoms with Gasteiger partial charge in [0.2, 0.25) is 5.89 Å². The van der Waals surface area contributed by atoms with E-state index in [0.29, 0.717) is 23.4 Å². The number of aromatic nitrogens is 4. The van der Waals surface area contributed by atoms with Crippen LogP contribution in [0.2, 0.25) is 0 Å². The Bertz CT molecular complexity index is 2460. The molecule has 9 aromatic rings. The van der Waals surface area contributed by atoms with Gasteiger partial charge >= 0.3 is 0 Å². The molecule has 0 fully saturated rings. The summed E-state index contributed by atoms with van der Waals surface area (Å²) in [5.74, 6) is 2.36. The van der Waals surface area contributed by atoms with Gasteiger partial charge in [0.1, 0.15) is 16.7 Å². The van der Waals surface area contributed by atoms with Crippen molar-refractivity contribution in [3.05, 3.63) is 146 Å². The number of furan rings is 1. The average molecular weight is 593 g/mol. The largest absolute Gasteiger partial charge is 0.455 e. The second-order valence-corrected chi connectivity index (χ2v) is 11.1. The van der Waals surface area contributed by atoms with Crippen LogP contribution in [0.15, 0.2) is 154 Å². The van der Waals surface area contributed by atoms with E-state index in [1.54, 1.807) is 0 Å². The minimum Gasteiger partial charge on any atom is -0.455 e. The normalized spacial score (nSPS) is 11.5. The Kier molecular flexibility index (Phi) is 6.03. The minimum absolute atomic E-state index is 0.551. The Balaban J connectivity index is 1.21. The van der Waals surface area contributed by atoms with Crippen molar-refractivity contribution in [1.29, 1.82) is 0 Å². The fourth-order valence-corrected chi connectivity index (χ4v) is 5.95. The Morgan fingerprint density at radius 3 is 1.54 bits per heavy atom. The van der Waals surface area contributed by atoms with Gasteiger partial charge in [-0.25, -0.2) is 19.9 Å². The van der Waals surface area contributed by atoms with Crippen molar-refractivity contribution in [2.24, 2.45) is 0 Å². The van der Waals surface area contributed by atoms with Gasteiger partial charge in [-0.05, 0) is 35.9 Å². The van der Waals surface area contributed by atoms with Gasteiger partial charge in [-0.3, -0.25) is 0 Å². The van der Waals surface area contributed by atoms with Crippen molar-refractivity contribution in [3.63, 3.8) is 0 Å². The van der Waals surface area contributed by atoms with Crippen LogP contribution in [0.1, 0.15) is 0 Å². The van der Waals surface area contributed by atoms with Crippen LogP contribution in [-0.2, 0) is 0 Å². The first kappa shape index (κ1) is 26.0. The minimum atomic E-state index is 0.551. The van der Waals surface area contributed by atoms with Crippen molar-refractivity contribution in [3.8, 4) is 56.7 Å². The predicted molar refractivity (Wildman–Crippen MR) is 182 cm³/mol. The van der Waals surface area contributed by atoms with E-state index in [9.17, 15) is 0 Å². The molecule has 6 nitrogen and oxygen atoms in total. The lowest BCUT2D eigenvalue weighted by Gasteiger charge is -2.08. The van der Waals surface area contributed by atoms with E-state index in [1.165, 1.54) is 0 Å². The van der Waals surface area contributed by atoms with E-state index in [4.69, 9.17) is 28.8 Å². The van der Waals surface area contributed by atoms with E-state index in [1.807, 2.05) is 115 Å². The van der Waals surface area contributed by atoms with E-state index in [2.05, 4.69) is 30.3 Å². The summed E-state index contributed by atoms with van der Waals surface area (Å²) in [6.07, 6.45) is 0. The van der Waals surface area contributed by atoms with E-state index in [0.717, 1.165) is 66.4 Å². The van der Waals surface area contributed by atoms with Gasteiger partial charge < -0.3 is 8.83 Å². The summed E-state index contributed by atoms with van der Waals surface area (Å²) < 4.78 is 13.0. The smallest absolute Gasteiger partial charge is 0.227 e. The number of nitrogens with zero attached hydrogens (tertiary/aromatic N) is 4. The van der Waals surface area contributed by atoms with Crippen LogP contribution in [0.25, 0.3) is 89.8 Å². The van der Waals surface area contributed by atoms with Crippen molar-refractivity contribution in [2.75, 3.05) is 0 Å². The molecule has 0 atom stereocenters. The number of para-hydroxylation sites is 2. The van der Waals surface area contributed by atoms with Gasteiger partial charge in [-0.1, -0.05) is 115 Å². The Hall–Kier alpha value is -6.40. The van der Waals surface area contributed by atoms with Crippen LogP contribution in [0, 0.1) is 0 Å². The first-order chi connectivity index (χ1) is 22.8. The van der Waals surface area contributed by atoms with Gasteiger partial charge in [0.15, 0.2) is 23.1 Å². The highest BCUT2D eigenvalue weighted by Crippen LogP contribution is 2.40. The quantitative estimate of drug-likeness (QED) is 0.198. The van der Waals surface area contributed by atoms with Gasteiger partial charge in [0, 0.05) is 33.0 Å². The third kappa shape index (κ3) is 4.43. The highest BCUT2D eigenvalue weighted by molar-refractivity contribution is 6.13. The van der Waals surface area contributed by atoms with Crippen molar-refractivity contribution >= 4 is 33.0 Å².